The van der Waals surface area contributed by atoms with Crippen molar-refractivity contribution in [2.75, 3.05) is 5.73 Å². The number of aromatic nitrogens is 3. The minimum atomic E-state index is 0.339. The van der Waals surface area contributed by atoms with E-state index in [9.17, 15) is 0 Å². The number of nitrogens with zero attached hydrogens (tertiary/aromatic N) is 2. The minimum absolute atomic E-state index is 0.339. The van der Waals surface area contributed by atoms with E-state index in [2.05, 4.69) is 29.0 Å². The zero-order valence-electron chi connectivity index (χ0n) is 9.78. The summed E-state index contributed by atoms with van der Waals surface area (Å²) in [7, 11) is 0. The van der Waals surface area contributed by atoms with E-state index in [1.54, 1.807) is 0 Å². The van der Waals surface area contributed by atoms with Gasteiger partial charge in [0.05, 0.1) is 0 Å². The first-order valence-electron chi connectivity index (χ1n) is 5.37. The Balaban J connectivity index is 2.50. The zero-order chi connectivity index (χ0) is 11.7. The molecule has 0 aliphatic rings. The third-order valence-corrected chi connectivity index (χ3v) is 2.58. The highest BCUT2D eigenvalue weighted by Crippen LogP contribution is 2.26. The summed E-state index contributed by atoms with van der Waals surface area (Å²) in [5.74, 6) is 1.91. The van der Waals surface area contributed by atoms with Gasteiger partial charge in [-0.1, -0.05) is 26.0 Å². The van der Waals surface area contributed by atoms with Crippen LogP contribution < -0.4 is 5.73 Å². The lowest BCUT2D eigenvalue weighted by molar-refractivity contribution is 0.781. The lowest BCUT2D eigenvalue weighted by atomic mass is 10.1. The van der Waals surface area contributed by atoms with Gasteiger partial charge in [0.15, 0.2) is 5.82 Å². The minimum Gasteiger partial charge on any atom is -0.398 e. The number of rotatable bonds is 2. The molecule has 0 spiro atoms. The Hall–Kier alpha value is -1.84. The summed E-state index contributed by atoms with van der Waals surface area (Å²) in [5.41, 5.74) is 8.68. The monoisotopic (exact) mass is 216 g/mol. The molecule has 16 heavy (non-hydrogen) atoms. The van der Waals surface area contributed by atoms with Crippen molar-refractivity contribution >= 4 is 5.69 Å². The lowest BCUT2D eigenvalue weighted by Gasteiger charge is -2.04. The third-order valence-electron chi connectivity index (χ3n) is 2.58. The molecule has 2 rings (SSSR count). The summed E-state index contributed by atoms with van der Waals surface area (Å²) in [4.78, 5) is 4.46. The van der Waals surface area contributed by atoms with Crippen molar-refractivity contribution < 1.29 is 0 Å². The molecule has 3 N–H and O–H groups in total. The van der Waals surface area contributed by atoms with Crippen molar-refractivity contribution in [3.63, 3.8) is 0 Å². The molecule has 0 radical (unpaired) electrons. The Morgan fingerprint density at radius 1 is 1.31 bits per heavy atom. The summed E-state index contributed by atoms with van der Waals surface area (Å²) < 4.78 is 0. The van der Waals surface area contributed by atoms with Crippen LogP contribution in [-0.2, 0) is 0 Å². The van der Waals surface area contributed by atoms with Gasteiger partial charge in [0.1, 0.15) is 5.82 Å². The molecule has 0 atom stereocenters. The van der Waals surface area contributed by atoms with E-state index in [4.69, 9.17) is 5.73 Å². The molecule has 0 saturated carbocycles. The van der Waals surface area contributed by atoms with Crippen molar-refractivity contribution in [1.82, 2.24) is 15.2 Å². The van der Waals surface area contributed by atoms with Gasteiger partial charge < -0.3 is 5.73 Å². The molecule has 4 nitrogen and oxygen atoms in total. The normalized spacial score (nSPS) is 11.0. The molecular formula is C12H16N4. The van der Waals surface area contributed by atoms with Gasteiger partial charge in [0, 0.05) is 17.2 Å². The Morgan fingerprint density at radius 2 is 2.06 bits per heavy atom. The van der Waals surface area contributed by atoms with Crippen LogP contribution in [0.1, 0.15) is 31.2 Å². The first-order valence-corrected chi connectivity index (χ1v) is 5.37. The standard InChI is InChI=1S/C12H16N4/c1-7(2)11-14-12(16-15-11)10-8(3)5-4-6-9(10)13/h4-7H,13H2,1-3H3,(H,14,15,16). The van der Waals surface area contributed by atoms with Crippen LogP contribution in [0.25, 0.3) is 11.4 Å². The van der Waals surface area contributed by atoms with Crippen molar-refractivity contribution in [2.45, 2.75) is 26.7 Å². The Morgan fingerprint density at radius 3 is 2.62 bits per heavy atom. The first kappa shape index (κ1) is 10.7. The number of benzene rings is 1. The highest BCUT2D eigenvalue weighted by Gasteiger charge is 2.12. The Kier molecular flexibility index (Phi) is 2.64. The van der Waals surface area contributed by atoms with Gasteiger partial charge in [0.2, 0.25) is 0 Å². The van der Waals surface area contributed by atoms with E-state index in [1.165, 1.54) is 0 Å². The molecule has 0 saturated heterocycles. The second kappa shape index (κ2) is 3.96. The third kappa shape index (κ3) is 1.78. The number of hydrogen-bond acceptors (Lipinski definition) is 3. The van der Waals surface area contributed by atoms with Gasteiger partial charge >= 0.3 is 0 Å². The van der Waals surface area contributed by atoms with Gasteiger partial charge in [-0.05, 0) is 18.6 Å². The van der Waals surface area contributed by atoms with Crippen molar-refractivity contribution in [3.05, 3.63) is 29.6 Å². The molecule has 0 fully saturated rings. The predicted octanol–water partition coefficient (Wildman–Crippen LogP) is 2.49. The van der Waals surface area contributed by atoms with Gasteiger partial charge in [-0.2, -0.15) is 5.10 Å². The molecule has 2 aromatic rings. The Bertz CT molecular complexity index is 479. The van der Waals surface area contributed by atoms with Crippen molar-refractivity contribution in [1.29, 1.82) is 0 Å². The fourth-order valence-electron chi connectivity index (χ4n) is 1.64. The molecule has 0 aliphatic heterocycles. The lowest BCUT2D eigenvalue weighted by Crippen LogP contribution is -1.94. The van der Waals surface area contributed by atoms with E-state index < -0.39 is 0 Å². The smallest absolute Gasteiger partial charge is 0.183 e. The fraction of sp³-hybridized carbons (Fsp3) is 0.333. The molecule has 0 unspecified atom stereocenters. The summed E-state index contributed by atoms with van der Waals surface area (Å²) >= 11 is 0. The van der Waals surface area contributed by atoms with E-state index in [0.29, 0.717) is 17.4 Å². The quantitative estimate of drug-likeness (QED) is 0.758. The number of anilines is 1. The first-order chi connectivity index (χ1) is 7.59. The number of nitrogen functional groups attached to an aromatic ring is 1. The highest BCUT2D eigenvalue weighted by molar-refractivity contribution is 5.74. The average Bonchev–Trinajstić information content (AvgIpc) is 2.66. The molecule has 4 heteroatoms. The number of H-pyrrole nitrogens is 1. The van der Waals surface area contributed by atoms with Crippen LogP contribution in [-0.4, -0.2) is 15.2 Å². The molecule has 1 aromatic carbocycles. The molecule has 84 valence electrons. The molecular weight excluding hydrogens is 200 g/mol. The maximum atomic E-state index is 5.94. The topological polar surface area (TPSA) is 67.6 Å². The van der Waals surface area contributed by atoms with E-state index in [-0.39, 0.29) is 0 Å². The maximum absolute atomic E-state index is 5.94. The second-order valence-corrected chi connectivity index (χ2v) is 4.24. The zero-order valence-corrected chi connectivity index (χ0v) is 9.78. The summed E-state index contributed by atoms with van der Waals surface area (Å²) in [6.45, 7) is 6.16. The number of nitrogens with two attached hydrogens (primary N) is 1. The maximum Gasteiger partial charge on any atom is 0.183 e. The fourth-order valence-corrected chi connectivity index (χ4v) is 1.64. The molecule has 0 bridgehead atoms. The molecule has 1 aromatic heterocycles. The summed E-state index contributed by atoms with van der Waals surface area (Å²) in [5, 5.41) is 7.15. The van der Waals surface area contributed by atoms with Gasteiger partial charge in [0.25, 0.3) is 0 Å². The van der Waals surface area contributed by atoms with Gasteiger partial charge in [-0.25, -0.2) is 4.98 Å². The molecule has 0 aliphatic carbocycles. The van der Waals surface area contributed by atoms with E-state index in [1.807, 2.05) is 25.1 Å². The number of nitrogens with one attached hydrogen (secondary N) is 1. The van der Waals surface area contributed by atoms with Crippen LogP contribution in [0.2, 0.25) is 0 Å². The molecule has 1 heterocycles. The van der Waals surface area contributed by atoms with Crippen LogP contribution in [0.5, 0.6) is 0 Å². The van der Waals surface area contributed by atoms with Gasteiger partial charge in [-0.15, -0.1) is 0 Å². The summed E-state index contributed by atoms with van der Waals surface area (Å²) in [6.07, 6.45) is 0. The SMILES string of the molecule is Cc1cccc(N)c1-c1n[nH]c(C(C)C)n1. The van der Waals surface area contributed by atoms with Crippen molar-refractivity contribution in [3.8, 4) is 11.4 Å². The Labute approximate surface area is 94.9 Å². The number of hydrogen-bond donors (Lipinski definition) is 2. The average molecular weight is 216 g/mol. The largest absolute Gasteiger partial charge is 0.398 e. The van der Waals surface area contributed by atoms with Crippen LogP contribution in [0.3, 0.4) is 0 Å². The van der Waals surface area contributed by atoms with Gasteiger partial charge in [-0.3, -0.25) is 5.10 Å². The van der Waals surface area contributed by atoms with Crippen LogP contribution in [0.15, 0.2) is 18.2 Å². The predicted molar refractivity (Wildman–Crippen MR) is 65.1 cm³/mol. The summed E-state index contributed by atoms with van der Waals surface area (Å²) in [6, 6.07) is 5.81. The number of aromatic amines is 1. The highest BCUT2D eigenvalue weighted by atomic mass is 15.2. The van der Waals surface area contributed by atoms with E-state index in [0.717, 1.165) is 17.0 Å². The second-order valence-electron chi connectivity index (χ2n) is 4.24. The van der Waals surface area contributed by atoms with Crippen LogP contribution >= 0.6 is 0 Å². The number of aryl methyl sites for hydroxylation is 1. The van der Waals surface area contributed by atoms with Crippen LogP contribution in [0, 0.1) is 6.92 Å². The molecule has 0 amide bonds. The van der Waals surface area contributed by atoms with Crippen molar-refractivity contribution in [2.24, 2.45) is 0 Å². The van der Waals surface area contributed by atoms with Crippen LogP contribution in [0.4, 0.5) is 5.69 Å². The van der Waals surface area contributed by atoms with E-state index >= 15 is 0 Å².